The third-order valence-corrected chi connectivity index (χ3v) is 5.54. The van der Waals surface area contributed by atoms with Gasteiger partial charge >= 0.3 is 0 Å². The summed E-state index contributed by atoms with van der Waals surface area (Å²) in [4.78, 5) is 0. The standard InChI is InChI=1S/C20H22O2/c1-13-18-17(12-22-13)19(14-6-4-3-5-7-14)20(18)15-8-10-16(21-2)11-9-15/h3-11,13,17-20H,12H2,1-2H3/t13-,17+,18-,19-,20+/m0/s1. The van der Waals surface area contributed by atoms with Crippen molar-refractivity contribution in [1.82, 2.24) is 0 Å². The summed E-state index contributed by atoms with van der Waals surface area (Å²) in [5, 5.41) is 0. The molecule has 1 saturated heterocycles. The lowest BCUT2D eigenvalue weighted by atomic mass is 9.52. The molecule has 2 heteroatoms. The van der Waals surface area contributed by atoms with Crippen molar-refractivity contribution in [2.75, 3.05) is 13.7 Å². The van der Waals surface area contributed by atoms with Crippen LogP contribution in [-0.4, -0.2) is 19.8 Å². The molecule has 114 valence electrons. The lowest BCUT2D eigenvalue weighted by molar-refractivity contribution is 0.0863. The van der Waals surface area contributed by atoms with Gasteiger partial charge < -0.3 is 9.47 Å². The van der Waals surface area contributed by atoms with E-state index < -0.39 is 0 Å². The van der Waals surface area contributed by atoms with Crippen LogP contribution in [0.5, 0.6) is 5.75 Å². The second kappa shape index (κ2) is 5.44. The number of hydrogen-bond acceptors (Lipinski definition) is 2. The molecular formula is C20H22O2. The molecule has 1 heterocycles. The summed E-state index contributed by atoms with van der Waals surface area (Å²) in [7, 11) is 1.72. The lowest BCUT2D eigenvalue weighted by Crippen LogP contribution is -2.44. The van der Waals surface area contributed by atoms with Crippen molar-refractivity contribution in [3.63, 3.8) is 0 Å². The Morgan fingerprint density at radius 1 is 0.909 bits per heavy atom. The summed E-state index contributed by atoms with van der Waals surface area (Å²) >= 11 is 0. The SMILES string of the molecule is COc1ccc([C@H]2[C@@H](c3ccccc3)[C@@H]3CO[C@@H](C)[C@@H]32)cc1. The van der Waals surface area contributed by atoms with Crippen LogP contribution in [0.15, 0.2) is 54.6 Å². The summed E-state index contributed by atoms with van der Waals surface area (Å²) in [5.41, 5.74) is 2.86. The maximum Gasteiger partial charge on any atom is 0.118 e. The van der Waals surface area contributed by atoms with Crippen LogP contribution in [0.3, 0.4) is 0 Å². The number of methoxy groups -OCH3 is 1. The first-order valence-electron chi connectivity index (χ1n) is 8.10. The minimum atomic E-state index is 0.358. The average Bonchev–Trinajstić information content (AvgIpc) is 2.85. The molecule has 4 rings (SSSR count). The summed E-state index contributed by atoms with van der Waals surface area (Å²) < 4.78 is 11.3. The first kappa shape index (κ1) is 13.8. The molecule has 22 heavy (non-hydrogen) atoms. The van der Waals surface area contributed by atoms with E-state index in [1.54, 1.807) is 7.11 Å². The molecule has 2 aromatic rings. The summed E-state index contributed by atoms with van der Waals surface area (Å²) in [6.07, 6.45) is 0.358. The van der Waals surface area contributed by atoms with E-state index in [2.05, 4.69) is 61.5 Å². The van der Waals surface area contributed by atoms with Crippen LogP contribution in [0, 0.1) is 11.8 Å². The summed E-state index contributed by atoms with van der Waals surface area (Å²) in [6.45, 7) is 3.13. The highest BCUT2D eigenvalue weighted by molar-refractivity contribution is 5.38. The minimum absolute atomic E-state index is 0.358. The van der Waals surface area contributed by atoms with Crippen molar-refractivity contribution in [2.24, 2.45) is 11.8 Å². The van der Waals surface area contributed by atoms with Crippen molar-refractivity contribution < 1.29 is 9.47 Å². The quantitative estimate of drug-likeness (QED) is 0.843. The van der Waals surface area contributed by atoms with E-state index in [-0.39, 0.29) is 0 Å². The van der Waals surface area contributed by atoms with Gasteiger partial charge in [-0.25, -0.2) is 0 Å². The normalized spacial score (nSPS) is 33.1. The Hall–Kier alpha value is -1.80. The van der Waals surface area contributed by atoms with Gasteiger partial charge in [-0.05, 0) is 53.9 Å². The Balaban J connectivity index is 1.70. The van der Waals surface area contributed by atoms with E-state index in [9.17, 15) is 0 Å². The number of benzene rings is 2. The van der Waals surface area contributed by atoms with Crippen molar-refractivity contribution >= 4 is 0 Å². The zero-order valence-electron chi connectivity index (χ0n) is 13.1. The highest BCUT2D eigenvalue weighted by atomic mass is 16.5. The molecule has 0 radical (unpaired) electrons. The molecule has 0 unspecified atom stereocenters. The Morgan fingerprint density at radius 2 is 1.59 bits per heavy atom. The molecule has 1 saturated carbocycles. The highest BCUT2D eigenvalue weighted by Gasteiger charge is 2.57. The Morgan fingerprint density at radius 3 is 2.27 bits per heavy atom. The van der Waals surface area contributed by atoms with Crippen molar-refractivity contribution in [1.29, 1.82) is 0 Å². The van der Waals surface area contributed by atoms with Gasteiger partial charge in [0.25, 0.3) is 0 Å². The number of fused-ring (bicyclic) bond motifs is 1. The molecule has 2 nitrogen and oxygen atoms in total. The Kier molecular flexibility index (Phi) is 3.42. The first-order chi connectivity index (χ1) is 10.8. The van der Waals surface area contributed by atoms with Gasteiger partial charge in [-0.3, -0.25) is 0 Å². The molecule has 1 aliphatic carbocycles. The van der Waals surface area contributed by atoms with Crippen molar-refractivity contribution in [3.8, 4) is 5.75 Å². The van der Waals surface area contributed by atoms with Gasteiger partial charge in [0.2, 0.25) is 0 Å². The van der Waals surface area contributed by atoms with Crippen LogP contribution < -0.4 is 4.74 Å². The number of rotatable bonds is 3. The van der Waals surface area contributed by atoms with Gasteiger partial charge in [0.1, 0.15) is 5.75 Å². The van der Waals surface area contributed by atoms with Gasteiger partial charge in [-0.1, -0.05) is 42.5 Å². The topological polar surface area (TPSA) is 18.5 Å². The van der Waals surface area contributed by atoms with Crippen LogP contribution in [0.25, 0.3) is 0 Å². The van der Waals surface area contributed by atoms with E-state index in [1.807, 2.05) is 0 Å². The fourth-order valence-electron chi connectivity index (χ4n) is 4.48. The van der Waals surface area contributed by atoms with E-state index in [0.717, 1.165) is 12.4 Å². The molecule has 1 aliphatic heterocycles. The molecule has 2 aromatic carbocycles. The fourth-order valence-corrected chi connectivity index (χ4v) is 4.48. The van der Waals surface area contributed by atoms with E-state index >= 15 is 0 Å². The maximum absolute atomic E-state index is 5.96. The third-order valence-electron chi connectivity index (χ3n) is 5.54. The van der Waals surface area contributed by atoms with Gasteiger partial charge in [0, 0.05) is 0 Å². The Labute approximate surface area is 132 Å². The lowest BCUT2D eigenvalue weighted by Gasteiger charge is -2.50. The molecule has 0 amide bonds. The molecule has 5 atom stereocenters. The molecule has 2 fully saturated rings. The second-order valence-electron chi connectivity index (χ2n) is 6.52. The van der Waals surface area contributed by atoms with Crippen molar-refractivity contribution in [2.45, 2.75) is 24.9 Å². The zero-order chi connectivity index (χ0) is 15.1. The monoisotopic (exact) mass is 294 g/mol. The Bertz CT molecular complexity index is 635. The van der Waals surface area contributed by atoms with Crippen LogP contribution >= 0.6 is 0 Å². The molecule has 0 aromatic heterocycles. The predicted octanol–water partition coefficient (Wildman–Crippen LogP) is 4.23. The predicted molar refractivity (Wildman–Crippen MR) is 87.3 cm³/mol. The van der Waals surface area contributed by atoms with Gasteiger partial charge in [0.15, 0.2) is 0 Å². The first-order valence-corrected chi connectivity index (χ1v) is 8.10. The van der Waals surface area contributed by atoms with Gasteiger partial charge in [0.05, 0.1) is 19.8 Å². The van der Waals surface area contributed by atoms with E-state index in [4.69, 9.17) is 9.47 Å². The van der Waals surface area contributed by atoms with E-state index in [1.165, 1.54) is 11.1 Å². The van der Waals surface area contributed by atoms with Crippen molar-refractivity contribution in [3.05, 3.63) is 65.7 Å². The molecule has 0 spiro atoms. The molecular weight excluding hydrogens is 272 g/mol. The third kappa shape index (κ3) is 2.05. The molecule has 0 N–H and O–H groups in total. The summed E-state index contributed by atoms with van der Waals surface area (Å²) in [6, 6.07) is 19.5. The zero-order valence-corrected chi connectivity index (χ0v) is 13.1. The molecule has 2 aliphatic rings. The van der Waals surface area contributed by atoms with Crippen LogP contribution in [0.2, 0.25) is 0 Å². The van der Waals surface area contributed by atoms with Crippen LogP contribution in [0.1, 0.15) is 29.9 Å². The van der Waals surface area contributed by atoms with Crippen LogP contribution in [0.4, 0.5) is 0 Å². The van der Waals surface area contributed by atoms with Gasteiger partial charge in [-0.15, -0.1) is 0 Å². The largest absolute Gasteiger partial charge is 0.497 e. The molecule has 0 bridgehead atoms. The van der Waals surface area contributed by atoms with E-state index in [0.29, 0.717) is 29.8 Å². The number of hydrogen-bond donors (Lipinski definition) is 0. The highest BCUT2D eigenvalue weighted by Crippen LogP contribution is 2.62. The second-order valence-corrected chi connectivity index (χ2v) is 6.52. The summed E-state index contributed by atoms with van der Waals surface area (Å²) in [5.74, 6) is 3.34. The minimum Gasteiger partial charge on any atom is -0.497 e. The fraction of sp³-hybridized carbons (Fsp3) is 0.400. The maximum atomic E-state index is 5.96. The average molecular weight is 294 g/mol. The van der Waals surface area contributed by atoms with Gasteiger partial charge in [-0.2, -0.15) is 0 Å². The number of ether oxygens (including phenoxy) is 2. The van der Waals surface area contributed by atoms with Crippen LogP contribution in [-0.2, 0) is 4.74 Å². The smallest absolute Gasteiger partial charge is 0.118 e.